The van der Waals surface area contributed by atoms with E-state index in [0.717, 1.165) is 89.1 Å². The maximum atomic E-state index is 4.64. The molecule has 0 saturated carbocycles. The van der Waals surface area contributed by atoms with Gasteiger partial charge in [-0.3, -0.25) is 39.9 Å². The minimum absolute atomic E-state index is 0.895. The molecule has 348 valence electrons. The van der Waals surface area contributed by atoms with Crippen LogP contribution < -0.4 is 0 Å². The molecule has 0 atom stereocenters. The summed E-state index contributed by atoms with van der Waals surface area (Å²) >= 11 is 0. The Balaban J connectivity index is 0.000000104. The molecule has 0 amide bonds. The molecule has 5 aliphatic rings. The second-order valence-electron chi connectivity index (χ2n) is 17.5. The maximum Gasteiger partial charge on any atom is 0.0848 e. The Kier molecular flexibility index (Phi) is 14.9. The molecule has 0 fully saturated rings. The molecular formula is C64H52N8. The molecule has 3 aromatic heterocycles. The summed E-state index contributed by atoms with van der Waals surface area (Å²) in [6.45, 7) is 2.09. The van der Waals surface area contributed by atoms with Crippen molar-refractivity contribution < 1.29 is 0 Å². The molecule has 6 aromatic carbocycles. The molecule has 0 saturated heterocycles. The van der Waals surface area contributed by atoms with Gasteiger partial charge in [0.1, 0.15) is 0 Å². The highest BCUT2D eigenvalue weighted by molar-refractivity contribution is 6.08. The van der Waals surface area contributed by atoms with Gasteiger partial charge in [0.15, 0.2) is 0 Å². The number of allylic oxidation sites excluding steroid dienone is 1. The number of benzene rings is 6. The zero-order valence-corrected chi connectivity index (χ0v) is 40.1. The maximum absolute atomic E-state index is 4.64. The van der Waals surface area contributed by atoms with E-state index in [4.69, 9.17) is 0 Å². The van der Waals surface area contributed by atoms with Crippen molar-refractivity contribution in [2.24, 2.45) is 25.0 Å². The minimum Gasteiger partial charge on any atom is -0.259 e. The Morgan fingerprint density at radius 3 is 1.11 bits per heavy atom. The van der Waals surface area contributed by atoms with Gasteiger partial charge in [-0.2, -0.15) is 0 Å². The van der Waals surface area contributed by atoms with Crippen molar-refractivity contribution in [1.82, 2.24) is 15.0 Å². The van der Waals surface area contributed by atoms with Crippen molar-refractivity contribution in [3.8, 4) is 0 Å². The van der Waals surface area contributed by atoms with Crippen molar-refractivity contribution in [1.29, 1.82) is 0 Å². The standard InChI is InChI=1S/C14H12N2.2C14H11N.C13H10N2.C9H8N2/c1-10-5-6-11-9-14(16-13(11)8-10)12-4-2-3-7-15-12;2*1-2-6-11(7-3-1)14-10-12-8-4-5-9-13(12)15-14;1-2-6-11-10(5-1)9-13(15-11)12-7-3-4-8-14-12;1-2-6-10-8(4-1)9-5-3-7-11-9/h2-8H,9H2,1H3;2*1-9H,10H2;1-8H,9H2;1-4,6-7H,5H2. The molecule has 0 radical (unpaired) electrons. The van der Waals surface area contributed by atoms with Crippen LogP contribution in [0.15, 0.2) is 262 Å². The highest BCUT2D eigenvalue weighted by Gasteiger charge is 2.18. The lowest BCUT2D eigenvalue weighted by molar-refractivity contribution is 1.26. The molecule has 14 rings (SSSR count). The lowest BCUT2D eigenvalue weighted by Crippen LogP contribution is -2.02. The van der Waals surface area contributed by atoms with Crippen LogP contribution in [0.2, 0.25) is 0 Å². The number of rotatable bonds is 5. The number of aliphatic imine (C=N–C) groups is 5. The first-order valence-corrected chi connectivity index (χ1v) is 24.3. The van der Waals surface area contributed by atoms with Gasteiger partial charge in [-0.25, -0.2) is 0 Å². The van der Waals surface area contributed by atoms with E-state index in [1.807, 2.05) is 109 Å². The largest absolute Gasteiger partial charge is 0.259 e. The molecule has 0 spiro atoms. The Morgan fingerprint density at radius 1 is 0.319 bits per heavy atom. The van der Waals surface area contributed by atoms with Crippen LogP contribution in [-0.4, -0.2) is 43.5 Å². The number of pyridine rings is 3. The van der Waals surface area contributed by atoms with Gasteiger partial charge in [0.2, 0.25) is 0 Å². The van der Waals surface area contributed by atoms with Crippen molar-refractivity contribution >= 4 is 51.3 Å². The van der Waals surface area contributed by atoms with E-state index in [0.29, 0.717) is 0 Å². The summed E-state index contributed by atoms with van der Waals surface area (Å²) in [4.78, 5) is 35.5. The fourth-order valence-corrected chi connectivity index (χ4v) is 8.72. The monoisotopic (exact) mass is 932 g/mol. The van der Waals surface area contributed by atoms with E-state index in [1.165, 1.54) is 50.4 Å². The first-order chi connectivity index (χ1) is 35.6. The van der Waals surface area contributed by atoms with Crippen molar-refractivity contribution in [2.75, 3.05) is 0 Å². The van der Waals surface area contributed by atoms with E-state index in [9.17, 15) is 0 Å². The van der Waals surface area contributed by atoms with E-state index in [1.54, 1.807) is 12.4 Å². The van der Waals surface area contributed by atoms with Crippen LogP contribution in [0.3, 0.4) is 0 Å². The van der Waals surface area contributed by atoms with Crippen molar-refractivity contribution in [3.05, 3.63) is 293 Å². The summed E-state index contributed by atoms with van der Waals surface area (Å²) in [5.41, 5.74) is 21.9. The molecule has 8 heteroatoms. The van der Waals surface area contributed by atoms with Crippen LogP contribution >= 0.6 is 0 Å². The third-order valence-electron chi connectivity index (χ3n) is 12.4. The van der Waals surface area contributed by atoms with Crippen molar-refractivity contribution in [3.63, 3.8) is 0 Å². The second-order valence-corrected chi connectivity index (χ2v) is 17.5. The van der Waals surface area contributed by atoms with Crippen LogP contribution in [0.5, 0.6) is 0 Å². The number of aryl methyl sites for hydroxylation is 1. The summed E-state index contributed by atoms with van der Waals surface area (Å²) in [6, 6.07) is 69.8. The first kappa shape index (κ1) is 46.6. The molecule has 0 N–H and O–H groups in total. The van der Waals surface area contributed by atoms with Gasteiger partial charge in [0, 0.05) is 56.9 Å². The zero-order chi connectivity index (χ0) is 48.7. The molecule has 9 aromatic rings. The van der Waals surface area contributed by atoms with Gasteiger partial charge in [0.25, 0.3) is 0 Å². The molecule has 5 aliphatic heterocycles. The number of aromatic nitrogens is 3. The van der Waals surface area contributed by atoms with Crippen LogP contribution in [0.1, 0.15) is 62.4 Å². The molecule has 72 heavy (non-hydrogen) atoms. The lowest BCUT2D eigenvalue weighted by atomic mass is 10.0. The molecule has 0 bridgehead atoms. The summed E-state index contributed by atoms with van der Waals surface area (Å²) < 4.78 is 0. The van der Waals surface area contributed by atoms with E-state index >= 15 is 0 Å². The zero-order valence-electron chi connectivity index (χ0n) is 40.1. The number of hydrogen-bond donors (Lipinski definition) is 0. The normalized spacial score (nSPS) is 13.7. The highest BCUT2D eigenvalue weighted by atomic mass is 14.8. The number of para-hydroxylation sites is 3. The molecule has 0 aliphatic carbocycles. The van der Waals surface area contributed by atoms with Crippen LogP contribution in [0, 0.1) is 6.92 Å². The van der Waals surface area contributed by atoms with E-state index in [2.05, 4.69) is 162 Å². The smallest absolute Gasteiger partial charge is 0.0848 e. The lowest BCUT2D eigenvalue weighted by Gasteiger charge is -1.98. The molecule has 8 heterocycles. The summed E-state index contributed by atoms with van der Waals surface area (Å²) in [5, 5.41) is 0. The summed E-state index contributed by atoms with van der Waals surface area (Å²) in [5.74, 6) is 0. The highest BCUT2D eigenvalue weighted by Crippen LogP contribution is 2.31. The van der Waals surface area contributed by atoms with Gasteiger partial charge < -0.3 is 0 Å². The quantitative estimate of drug-likeness (QED) is 0.172. The Hall–Kier alpha value is -9.14. The van der Waals surface area contributed by atoms with Gasteiger partial charge in [-0.15, -0.1) is 0 Å². The SMILES string of the molecule is C1=CN=C(c2ccccn2)C1.Cc1ccc2c(c1)N=C(c1ccccn1)C2.c1ccc(C2=Nc3ccccc3C2)cc1.c1ccc(C2=Nc3ccccc3C2)cc1.c1ccc(C2=Nc3ccccc3C2)nc1. The van der Waals surface area contributed by atoms with Crippen LogP contribution in [0.25, 0.3) is 0 Å². The Morgan fingerprint density at radius 2 is 0.694 bits per heavy atom. The molecule has 0 unspecified atom stereocenters. The predicted octanol–water partition coefficient (Wildman–Crippen LogP) is 14.3. The van der Waals surface area contributed by atoms with Gasteiger partial charge in [-0.1, -0.05) is 152 Å². The average molecular weight is 933 g/mol. The summed E-state index contributed by atoms with van der Waals surface area (Å²) in [7, 11) is 0. The van der Waals surface area contributed by atoms with E-state index < -0.39 is 0 Å². The van der Waals surface area contributed by atoms with Crippen molar-refractivity contribution in [2.45, 2.75) is 39.0 Å². The van der Waals surface area contributed by atoms with Gasteiger partial charge >= 0.3 is 0 Å². The second kappa shape index (κ2) is 23.0. The number of fused-ring (bicyclic) bond motifs is 4. The number of nitrogens with zero attached hydrogens (tertiary/aromatic N) is 8. The average Bonchev–Trinajstić information content (AvgIpc) is 4.33. The summed E-state index contributed by atoms with van der Waals surface area (Å²) in [6.07, 6.45) is 13.9. The molecule has 8 nitrogen and oxygen atoms in total. The Bertz CT molecular complexity index is 3240. The Labute approximate surface area is 421 Å². The number of hydrogen-bond acceptors (Lipinski definition) is 8. The van der Waals surface area contributed by atoms with Gasteiger partial charge in [0.05, 0.1) is 68.4 Å². The topological polar surface area (TPSA) is 100 Å². The fraction of sp³-hybridized carbons (Fsp3) is 0.0938. The van der Waals surface area contributed by atoms with Crippen LogP contribution in [0.4, 0.5) is 22.7 Å². The van der Waals surface area contributed by atoms with Gasteiger partial charge in [-0.05, 0) is 107 Å². The first-order valence-electron chi connectivity index (χ1n) is 24.3. The van der Waals surface area contributed by atoms with E-state index in [-0.39, 0.29) is 0 Å². The third kappa shape index (κ3) is 11.8. The minimum atomic E-state index is 0.895. The predicted molar refractivity (Wildman–Crippen MR) is 296 cm³/mol. The third-order valence-corrected chi connectivity index (χ3v) is 12.4. The van der Waals surface area contributed by atoms with Crippen LogP contribution in [-0.2, 0) is 25.7 Å². The fourth-order valence-electron chi connectivity index (χ4n) is 8.72. The molecular weight excluding hydrogens is 881 g/mol.